The van der Waals surface area contributed by atoms with Crippen LogP contribution in [0.3, 0.4) is 0 Å². The van der Waals surface area contributed by atoms with Gasteiger partial charge in [0, 0.05) is 18.0 Å². The molecule has 0 aromatic carbocycles. The number of nitrogens with two attached hydrogens (primary N) is 1. The largest absolute Gasteiger partial charge is 0.370 e. The predicted octanol–water partition coefficient (Wildman–Crippen LogP) is 2.14. The van der Waals surface area contributed by atoms with Gasteiger partial charge in [0.15, 0.2) is 5.96 Å². The zero-order chi connectivity index (χ0) is 12.1. The number of aromatic nitrogens is 1. The number of thiazole rings is 1. The summed E-state index contributed by atoms with van der Waals surface area (Å²) in [6, 6.07) is 0. The first kappa shape index (κ1) is 12.4. The summed E-state index contributed by atoms with van der Waals surface area (Å²) < 4.78 is 0. The lowest BCUT2D eigenvalue weighted by molar-refractivity contribution is 0.428. The average Bonchev–Trinajstić information content (AvgIpc) is 2.58. The summed E-state index contributed by atoms with van der Waals surface area (Å²) in [5.41, 5.74) is 8.98. The summed E-state index contributed by atoms with van der Waals surface area (Å²) in [5.74, 6) is 0.694. The zero-order valence-electron chi connectivity index (χ0n) is 10.4. The fraction of sp³-hybridized carbons (Fsp3) is 0.667. The van der Waals surface area contributed by atoms with Crippen molar-refractivity contribution in [1.82, 2.24) is 9.88 Å². The highest BCUT2D eigenvalue weighted by molar-refractivity contribution is 7.09. The van der Waals surface area contributed by atoms with E-state index in [9.17, 15) is 0 Å². The molecule has 17 heavy (non-hydrogen) atoms. The normalized spacial score (nSPS) is 18.2. The fourth-order valence-electron chi connectivity index (χ4n) is 2.03. The van der Waals surface area contributed by atoms with E-state index in [1.165, 1.54) is 30.6 Å². The van der Waals surface area contributed by atoms with Gasteiger partial charge >= 0.3 is 0 Å². The molecule has 2 N–H and O–H groups in total. The molecule has 0 radical (unpaired) electrons. The first-order valence-corrected chi connectivity index (χ1v) is 7.09. The van der Waals surface area contributed by atoms with Gasteiger partial charge in [-0.05, 0) is 19.8 Å². The minimum absolute atomic E-state index is 0.666. The van der Waals surface area contributed by atoms with Crippen LogP contribution in [0.25, 0.3) is 0 Å². The van der Waals surface area contributed by atoms with E-state index >= 15 is 0 Å². The Morgan fingerprint density at radius 1 is 1.41 bits per heavy atom. The van der Waals surface area contributed by atoms with Crippen molar-refractivity contribution in [3.63, 3.8) is 0 Å². The molecular weight excluding hydrogens is 232 g/mol. The molecule has 0 amide bonds. The molecule has 0 bridgehead atoms. The first-order chi connectivity index (χ1) is 8.27. The van der Waals surface area contributed by atoms with Crippen LogP contribution >= 0.6 is 11.3 Å². The summed E-state index contributed by atoms with van der Waals surface area (Å²) in [7, 11) is 0. The van der Waals surface area contributed by atoms with Crippen molar-refractivity contribution in [3.8, 4) is 0 Å². The highest BCUT2D eigenvalue weighted by Crippen LogP contribution is 2.14. The van der Waals surface area contributed by atoms with Crippen molar-refractivity contribution in [2.75, 3.05) is 13.1 Å². The van der Waals surface area contributed by atoms with E-state index in [2.05, 4.69) is 14.9 Å². The number of guanidine groups is 1. The zero-order valence-corrected chi connectivity index (χ0v) is 11.2. The molecule has 94 valence electrons. The van der Waals surface area contributed by atoms with Crippen molar-refractivity contribution in [2.24, 2.45) is 10.7 Å². The van der Waals surface area contributed by atoms with E-state index in [1.807, 2.05) is 12.4 Å². The van der Waals surface area contributed by atoms with Crippen molar-refractivity contribution >= 4 is 17.3 Å². The maximum atomic E-state index is 6.04. The summed E-state index contributed by atoms with van der Waals surface area (Å²) in [6.07, 6.45) is 5.10. The third kappa shape index (κ3) is 3.43. The molecule has 1 saturated heterocycles. The molecule has 1 aromatic heterocycles. The van der Waals surface area contributed by atoms with Crippen LogP contribution < -0.4 is 5.73 Å². The van der Waals surface area contributed by atoms with Gasteiger partial charge in [-0.1, -0.05) is 12.8 Å². The van der Waals surface area contributed by atoms with Crippen molar-refractivity contribution in [2.45, 2.75) is 39.2 Å². The quantitative estimate of drug-likeness (QED) is 0.648. The average molecular weight is 252 g/mol. The standard InChI is InChI=1S/C12H20N4S/c1-10-11(17-9-15-10)8-14-12(13)16-6-4-2-3-5-7-16/h9H,2-8H2,1H3,(H2,13,14). The smallest absolute Gasteiger partial charge is 0.191 e. The number of aryl methyl sites for hydroxylation is 1. The minimum Gasteiger partial charge on any atom is -0.370 e. The van der Waals surface area contributed by atoms with E-state index in [4.69, 9.17) is 5.73 Å². The van der Waals surface area contributed by atoms with Crippen LogP contribution in [0.2, 0.25) is 0 Å². The monoisotopic (exact) mass is 252 g/mol. The first-order valence-electron chi connectivity index (χ1n) is 6.21. The molecule has 1 aromatic rings. The molecule has 1 aliphatic rings. The molecule has 2 rings (SSSR count). The van der Waals surface area contributed by atoms with Crippen molar-refractivity contribution in [1.29, 1.82) is 0 Å². The maximum Gasteiger partial charge on any atom is 0.191 e. The second-order valence-electron chi connectivity index (χ2n) is 4.44. The molecule has 0 unspecified atom stereocenters. The van der Waals surface area contributed by atoms with E-state index in [0.717, 1.165) is 18.8 Å². The fourth-order valence-corrected chi connectivity index (χ4v) is 2.73. The SMILES string of the molecule is Cc1ncsc1CN=C(N)N1CCCCCC1. The van der Waals surface area contributed by atoms with Gasteiger partial charge in [-0.2, -0.15) is 0 Å². The molecule has 0 aliphatic carbocycles. The van der Waals surface area contributed by atoms with Gasteiger partial charge in [0.2, 0.25) is 0 Å². The van der Waals surface area contributed by atoms with Crippen LogP contribution in [-0.4, -0.2) is 28.9 Å². The minimum atomic E-state index is 0.666. The number of aliphatic imine (C=N–C) groups is 1. The Morgan fingerprint density at radius 3 is 2.71 bits per heavy atom. The molecular formula is C12H20N4S. The van der Waals surface area contributed by atoms with Gasteiger partial charge in [-0.15, -0.1) is 11.3 Å². The van der Waals surface area contributed by atoms with Gasteiger partial charge in [-0.3, -0.25) is 0 Å². The second-order valence-corrected chi connectivity index (χ2v) is 5.38. The Hall–Kier alpha value is -1.10. The molecule has 0 saturated carbocycles. The third-order valence-electron chi connectivity index (χ3n) is 3.16. The predicted molar refractivity (Wildman–Crippen MR) is 72.2 cm³/mol. The van der Waals surface area contributed by atoms with Crippen LogP contribution in [0.5, 0.6) is 0 Å². The Balaban J connectivity index is 1.94. The second kappa shape index (κ2) is 6.00. The van der Waals surface area contributed by atoms with E-state index in [1.54, 1.807) is 11.3 Å². The van der Waals surface area contributed by atoms with Crippen molar-refractivity contribution in [3.05, 3.63) is 16.1 Å². The van der Waals surface area contributed by atoms with Gasteiger partial charge in [-0.25, -0.2) is 9.98 Å². The lowest BCUT2D eigenvalue weighted by atomic mass is 10.2. The van der Waals surface area contributed by atoms with Gasteiger partial charge in [0.25, 0.3) is 0 Å². The van der Waals surface area contributed by atoms with Crippen LogP contribution in [0.15, 0.2) is 10.5 Å². The highest BCUT2D eigenvalue weighted by Gasteiger charge is 2.11. The molecule has 0 spiro atoms. The van der Waals surface area contributed by atoms with E-state index in [-0.39, 0.29) is 0 Å². The summed E-state index contributed by atoms with van der Waals surface area (Å²) in [4.78, 5) is 12.1. The molecule has 2 heterocycles. The van der Waals surface area contributed by atoms with Gasteiger partial charge in [0.1, 0.15) is 0 Å². The van der Waals surface area contributed by atoms with Gasteiger partial charge < -0.3 is 10.6 Å². The van der Waals surface area contributed by atoms with E-state index < -0.39 is 0 Å². The number of nitrogens with zero attached hydrogens (tertiary/aromatic N) is 3. The maximum absolute atomic E-state index is 6.04. The third-order valence-corrected chi connectivity index (χ3v) is 4.08. The summed E-state index contributed by atoms with van der Waals surface area (Å²) in [5, 5.41) is 0. The van der Waals surface area contributed by atoms with Crippen LogP contribution in [0.1, 0.15) is 36.3 Å². The Morgan fingerprint density at radius 2 is 2.12 bits per heavy atom. The Bertz CT molecular complexity index is 378. The molecule has 1 fully saturated rings. The Kier molecular flexibility index (Phi) is 4.36. The lowest BCUT2D eigenvalue weighted by Gasteiger charge is -2.20. The van der Waals surface area contributed by atoms with Crippen LogP contribution in [-0.2, 0) is 6.54 Å². The highest BCUT2D eigenvalue weighted by atomic mass is 32.1. The van der Waals surface area contributed by atoms with Gasteiger partial charge in [0.05, 0.1) is 17.7 Å². The molecule has 4 nitrogen and oxygen atoms in total. The summed E-state index contributed by atoms with van der Waals surface area (Å²) in [6.45, 7) is 4.79. The van der Waals surface area contributed by atoms with Crippen LogP contribution in [0, 0.1) is 6.92 Å². The lowest BCUT2D eigenvalue weighted by Crippen LogP contribution is -2.38. The van der Waals surface area contributed by atoms with Crippen molar-refractivity contribution < 1.29 is 0 Å². The topological polar surface area (TPSA) is 54.5 Å². The molecule has 5 heteroatoms. The van der Waals surface area contributed by atoms with Crippen LogP contribution in [0.4, 0.5) is 0 Å². The number of rotatable bonds is 2. The number of likely N-dealkylation sites (tertiary alicyclic amines) is 1. The number of hydrogen-bond donors (Lipinski definition) is 1. The summed E-state index contributed by atoms with van der Waals surface area (Å²) >= 11 is 1.65. The van der Waals surface area contributed by atoms with E-state index in [0.29, 0.717) is 12.5 Å². The molecule has 1 aliphatic heterocycles. The molecule has 0 atom stereocenters. The Labute approximate surface area is 107 Å². The number of hydrogen-bond acceptors (Lipinski definition) is 3.